The van der Waals surface area contributed by atoms with Crippen molar-refractivity contribution >= 4 is 58.2 Å². The topological polar surface area (TPSA) is 71.3 Å². The van der Waals surface area contributed by atoms with Gasteiger partial charge in [-0.15, -0.1) is 11.8 Å². The van der Waals surface area contributed by atoms with Crippen molar-refractivity contribution in [2.24, 2.45) is 0 Å². The average molecular weight is 435 g/mol. The first kappa shape index (κ1) is 20.3. The van der Waals surface area contributed by atoms with Gasteiger partial charge in [-0.25, -0.2) is 0 Å². The van der Waals surface area contributed by atoms with Crippen LogP contribution in [0.5, 0.6) is 0 Å². The number of thioether (sulfide) groups is 1. The van der Waals surface area contributed by atoms with Gasteiger partial charge in [0.2, 0.25) is 5.91 Å². The van der Waals surface area contributed by atoms with E-state index in [1.807, 2.05) is 12.1 Å². The highest BCUT2D eigenvalue weighted by Crippen LogP contribution is 2.28. The zero-order valence-corrected chi connectivity index (χ0v) is 17.1. The molecule has 5 nitrogen and oxygen atoms in total. The van der Waals surface area contributed by atoms with E-state index in [2.05, 4.69) is 10.6 Å². The molecule has 0 aliphatic carbocycles. The molecule has 2 amide bonds. The van der Waals surface area contributed by atoms with Gasteiger partial charge >= 0.3 is 0 Å². The van der Waals surface area contributed by atoms with Crippen LogP contribution in [0.1, 0.15) is 17.5 Å². The van der Waals surface area contributed by atoms with Crippen LogP contribution >= 0.6 is 35.0 Å². The molecule has 0 bridgehead atoms. The largest absolute Gasteiger partial charge is 0.459 e. The molecule has 0 spiro atoms. The van der Waals surface area contributed by atoms with Crippen LogP contribution < -0.4 is 10.6 Å². The SMILES string of the molecule is CC(Sc1cccc(NC(=O)c2ccco2)c1)C(=O)Nc1ccc(Cl)c(Cl)c1. The highest BCUT2D eigenvalue weighted by molar-refractivity contribution is 8.00. The lowest BCUT2D eigenvalue weighted by Crippen LogP contribution is -2.22. The van der Waals surface area contributed by atoms with Gasteiger partial charge in [0.05, 0.1) is 21.6 Å². The van der Waals surface area contributed by atoms with Gasteiger partial charge in [0, 0.05) is 16.3 Å². The number of amides is 2. The Morgan fingerprint density at radius 1 is 0.964 bits per heavy atom. The summed E-state index contributed by atoms with van der Waals surface area (Å²) >= 11 is 13.2. The minimum atomic E-state index is -0.370. The number of carbonyl (C=O) groups excluding carboxylic acids is 2. The molecule has 28 heavy (non-hydrogen) atoms. The Morgan fingerprint density at radius 2 is 1.75 bits per heavy atom. The van der Waals surface area contributed by atoms with Crippen molar-refractivity contribution in [3.63, 3.8) is 0 Å². The van der Waals surface area contributed by atoms with Crippen molar-refractivity contribution in [1.82, 2.24) is 0 Å². The van der Waals surface area contributed by atoms with E-state index in [0.717, 1.165) is 4.90 Å². The summed E-state index contributed by atoms with van der Waals surface area (Å²) in [5.41, 5.74) is 1.19. The van der Waals surface area contributed by atoms with Crippen molar-refractivity contribution in [1.29, 1.82) is 0 Å². The summed E-state index contributed by atoms with van der Waals surface area (Å²) in [6.07, 6.45) is 1.44. The van der Waals surface area contributed by atoms with E-state index in [4.69, 9.17) is 27.6 Å². The molecule has 1 atom stereocenters. The molecular formula is C20H16Cl2N2O3S. The van der Waals surface area contributed by atoms with Gasteiger partial charge in [-0.2, -0.15) is 0 Å². The van der Waals surface area contributed by atoms with Crippen molar-refractivity contribution in [3.05, 3.63) is 76.7 Å². The molecule has 0 radical (unpaired) electrons. The maximum Gasteiger partial charge on any atom is 0.291 e. The van der Waals surface area contributed by atoms with E-state index in [0.29, 0.717) is 21.4 Å². The second kappa shape index (κ2) is 9.19. The van der Waals surface area contributed by atoms with E-state index in [1.54, 1.807) is 49.4 Å². The van der Waals surface area contributed by atoms with Gasteiger partial charge in [0.15, 0.2) is 5.76 Å². The van der Waals surface area contributed by atoms with Crippen molar-refractivity contribution in [2.45, 2.75) is 17.1 Å². The molecule has 3 rings (SSSR count). The number of hydrogen-bond acceptors (Lipinski definition) is 4. The van der Waals surface area contributed by atoms with Gasteiger partial charge in [-0.1, -0.05) is 29.3 Å². The number of furan rings is 1. The number of rotatable bonds is 6. The van der Waals surface area contributed by atoms with E-state index < -0.39 is 0 Å². The first-order valence-corrected chi connectivity index (χ1v) is 9.93. The lowest BCUT2D eigenvalue weighted by Gasteiger charge is -2.13. The molecule has 0 fully saturated rings. The smallest absolute Gasteiger partial charge is 0.291 e. The summed E-state index contributed by atoms with van der Waals surface area (Å²) in [7, 11) is 0. The molecule has 0 saturated carbocycles. The lowest BCUT2D eigenvalue weighted by atomic mass is 10.3. The first-order chi connectivity index (χ1) is 13.4. The Morgan fingerprint density at radius 3 is 2.46 bits per heavy atom. The summed E-state index contributed by atoms with van der Waals surface area (Å²) in [6.45, 7) is 1.80. The zero-order valence-electron chi connectivity index (χ0n) is 14.7. The van der Waals surface area contributed by atoms with Crippen LogP contribution in [0, 0.1) is 0 Å². The second-order valence-corrected chi connectivity index (χ2v) is 8.07. The summed E-state index contributed by atoms with van der Waals surface area (Å²) in [6, 6.07) is 15.4. The summed E-state index contributed by atoms with van der Waals surface area (Å²) in [4.78, 5) is 25.4. The van der Waals surface area contributed by atoms with Crippen molar-refractivity contribution in [2.75, 3.05) is 10.6 Å². The molecule has 1 aromatic heterocycles. The number of anilines is 2. The molecule has 0 saturated heterocycles. The predicted octanol–water partition coefficient (Wildman–Crippen LogP) is 5.96. The molecule has 2 N–H and O–H groups in total. The Balaban J connectivity index is 1.61. The number of benzene rings is 2. The fourth-order valence-corrected chi connectivity index (χ4v) is 3.55. The molecule has 8 heteroatoms. The number of halogens is 2. The molecule has 0 aliphatic rings. The molecule has 1 unspecified atom stereocenters. The average Bonchev–Trinajstić information content (AvgIpc) is 3.20. The Labute approximate surface area is 176 Å². The van der Waals surface area contributed by atoms with Crippen LogP contribution in [-0.2, 0) is 4.79 Å². The zero-order chi connectivity index (χ0) is 20.1. The van der Waals surface area contributed by atoms with E-state index in [-0.39, 0.29) is 22.8 Å². The quantitative estimate of drug-likeness (QED) is 0.469. The fraction of sp³-hybridized carbons (Fsp3) is 0.100. The molecule has 144 valence electrons. The molecule has 2 aromatic carbocycles. The minimum absolute atomic E-state index is 0.173. The molecule has 1 heterocycles. The maximum atomic E-state index is 12.4. The minimum Gasteiger partial charge on any atom is -0.459 e. The van der Waals surface area contributed by atoms with E-state index in [1.165, 1.54) is 18.0 Å². The van der Waals surface area contributed by atoms with Crippen LogP contribution in [0.3, 0.4) is 0 Å². The third-order valence-electron chi connectivity index (χ3n) is 3.71. The third kappa shape index (κ3) is 5.32. The second-order valence-electron chi connectivity index (χ2n) is 5.84. The Bertz CT molecular complexity index is 993. The number of carbonyl (C=O) groups is 2. The van der Waals surface area contributed by atoms with Gasteiger partial charge in [0.1, 0.15) is 0 Å². The summed E-state index contributed by atoms with van der Waals surface area (Å²) in [5, 5.41) is 6.01. The normalized spacial score (nSPS) is 11.7. The van der Waals surface area contributed by atoms with E-state index in [9.17, 15) is 9.59 Å². The predicted molar refractivity (Wildman–Crippen MR) is 114 cm³/mol. The van der Waals surface area contributed by atoms with Crippen LogP contribution in [0.4, 0.5) is 11.4 Å². The van der Waals surface area contributed by atoms with Crippen LogP contribution in [0.25, 0.3) is 0 Å². The fourth-order valence-electron chi connectivity index (χ4n) is 2.32. The number of nitrogens with one attached hydrogen (secondary N) is 2. The van der Waals surface area contributed by atoms with Crippen molar-refractivity contribution in [3.8, 4) is 0 Å². The third-order valence-corrected chi connectivity index (χ3v) is 5.54. The van der Waals surface area contributed by atoms with Gasteiger partial charge < -0.3 is 15.1 Å². The van der Waals surface area contributed by atoms with E-state index >= 15 is 0 Å². The lowest BCUT2D eigenvalue weighted by molar-refractivity contribution is -0.115. The van der Waals surface area contributed by atoms with Crippen LogP contribution in [-0.4, -0.2) is 17.1 Å². The Kier molecular flexibility index (Phi) is 6.67. The Hall–Kier alpha value is -2.41. The standard InChI is InChI=1S/C20H16Cl2N2O3S/c1-12(19(25)23-14-7-8-16(21)17(22)11-14)28-15-5-2-4-13(10-15)24-20(26)18-6-3-9-27-18/h2-12H,1H3,(H,23,25)(H,24,26). The van der Waals surface area contributed by atoms with Gasteiger partial charge in [-0.05, 0) is 55.5 Å². The van der Waals surface area contributed by atoms with Gasteiger partial charge in [-0.3, -0.25) is 9.59 Å². The van der Waals surface area contributed by atoms with Gasteiger partial charge in [0.25, 0.3) is 5.91 Å². The molecular weight excluding hydrogens is 419 g/mol. The van der Waals surface area contributed by atoms with Crippen molar-refractivity contribution < 1.29 is 14.0 Å². The van der Waals surface area contributed by atoms with Crippen LogP contribution in [0.15, 0.2) is 70.2 Å². The molecule has 3 aromatic rings. The van der Waals surface area contributed by atoms with Crippen LogP contribution in [0.2, 0.25) is 10.0 Å². The maximum absolute atomic E-state index is 12.4. The highest BCUT2D eigenvalue weighted by Gasteiger charge is 2.16. The summed E-state index contributed by atoms with van der Waals surface area (Å²) < 4.78 is 5.08. The highest BCUT2D eigenvalue weighted by atomic mass is 35.5. The monoisotopic (exact) mass is 434 g/mol. The number of hydrogen-bond donors (Lipinski definition) is 2. The summed E-state index contributed by atoms with van der Waals surface area (Å²) in [5.74, 6) is -0.279. The first-order valence-electron chi connectivity index (χ1n) is 8.30. The molecule has 0 aliphatic heterocycles.